The maximum Gasteiger partial charge on any atom is 0.0997 e. The Morgan fingerprint density at radius 1 is 0.810 bits per heavy atom. The van der Waals surface area contributed by atoms with Crippen LogP contribution in [0.1, 0.15) is 36.1 Å². The van der Waals surface area contributed by atoms with Gasteiger partial charge in [0, 0.05) is 13.1 Å². The molecule has 1 fully saturated rings. The topological polar surface area (TPSA) is 35.5 Å². The van der Waals surface area contributed by atoms with E-state index in [1.807, 2.05) is 48.5 Å². The highest BCUT2D eigenvalue weighted by Crippen LogP contribution is 2.29. The zero-order valence-corrected chi connectivity index (χ0v) is 12.2. The maximum absolute atomic E-state index is 10.8. The van der Waals surface area contributed by atoms with Gasteiger partial charge in [-0.2, -0.15) is 0 Å². The highest BCUT2D eigenvalue weighted by Gasteiger charge is 2.25. The van der Waals surface area contributed by atoms with Crippen LogP contribution < -0.4 is 5.43 Å². The summed E-state index contributed by atoms with van der Waals surface area (Å²) >= 11 is 0. The zero-order valence-electron chi connectivity index (χ0n) is 12.2. The first-order valence-electron chi connectivity index (χ1n) is 7.63. The second-order valence-electron chi connectivity index (χ2n) is 5.57. The Labute approximate surface area is 126 Å². The van der Waals surface area contributed by atoms with Gasteiger partial charge >= 0.3 is 0 Å². The number of benzene rings is 2. The Kier molecular flexibility index (Phi) is 4.65. The lowest BCUT2D eigenvalue weighted by Gasteiger charge is -2.29. The SMILES string of the molecule is O[C@@H](c1ccccc1)[C@H](NN1CCCC1)c1ccccc1. The molecule has 0 amide bonds. The molecule has 1 aliphatic heterocycles. The molecule has 3 rings (SSSR count). The summed E-state index contributed by atoms with van der Waals surface area (Å²) in [6.07, 6.45) is 1.88. The van der Waals surface area contributed by atoms with Gasteiger partial charge in [-0.15, -0.1) is 0 Å². The van der Waals surface area contributed by atoms with Gasteiger partial charge in [0.25, 0.3) is 0 Å². The Balaban J connectivity index is 1.84. The molecule has 1 saturated heterocycles. The van der Waals surface area contributed by atoms with Crippen LogP contribution in [0, 0.1) is 0 Å². The van der Waals surface area contributed by atoms with Crippen molar-refractivity contribution in [3.05, 3.63) is 71.8 Å². The summed E-state index contributed by atoms with van der Waals surface area (Å²) in [6, 6.07) is 19.9. The number of nitrogens with one attached hydrogen (secondary N) is 1. The van der Waals surface area contributed by atoms with Crippen LogP contribution in [0.3, 0.4) is 0 Å². The van der Waals surface area contributed by atoms with Crippen LogP contribution in [-0.2, 0) is 0 Å². The minimum atomic E-state index is -0.561. The maximum atomic E-state index is 10.8. The summed E-state index contributed by atoms with van der Waals surface area (Å²) in [5.74, 6) is 0. The monoisotopic (exact) mass is 282 g/mol. The van der Waals surface area contributed by atoms with E-state index < -0.39 is 6.10 Å². The smallest absolute Gasteiger partial charge is 0.0997 e. The zero-order chi connectivity index (χ0) is 14.5. The second kappa shape index (κ2) is 6.85. The van der Waals surface area contributed by atoms with Crippen LogP contribution in [0.4, 0.5) is 0 Å². The van der Waals surface area contributed by atoms with Gasteiger partial charge in [-0.25, -0.2) is 10.4 Å². The molecule has 110 valence electrons. The largest absolute Gasteiger partial charge is 0.386 e. The molecule has 2 aromatic carbocycles. The van der Waals surface area contributed by atoms with Crippen molar-refractivity contribution >= 4 is 0 Å². The van der Waals surface area contributed by atoms with E-state index in [9.17, 15) is 5.11 Å². The molecule has 0 aliphatic carbocycles. The predicted molar refractivity (Wildman–Crippen MR) is 84.5 cm³/mol. The summed E-state index contributed by atoms with van der Waals surface area (Å²) in [4.78, 5) is 0. The van der Waals surface area contributed by atoms with Crippen molar-refractivity contribution in [2.75, 3.05) is 13.1 Å². The predicted octanol–water partition coefficient (Wildman–Crippen LogP) is 3.06. The van der Waals surface area contributed by atoms with E-state index in [1.54, 1.807) is 0 Å². The summed E-state index contributed by atoms with van der Waals surface area (Å²) in [5.41, 5.74) is 5.57. The molecule has 1 heterocycles. The molecule has 3 nitrogen and oxygen atoms in total. The molecule has 0 radical (unpaired) electrons. The van der Waals surface area contributed by atoms with E-state index in [0.717, 1.165) is 24.2 Å². The van der Waals surface area contributed by atoms with Crippen molar-refractivity contribution < 1.29 is 5.11 Å². The van der Waals surface area contributed by atoms with E-state index in [2.05, 4.69) is 22.6 Å². The van der Waals surface area contributed by atoms with Crippen LogP contribution in [-0.4, -0.2) is 23.2 Å². The highest BCUT2D eigenvalue weighted by atomic mass is 16.3. The van der Waals surface area contributed by atoms with E-state index in [-0.39, 0.29) is 6.04 Å². The number of rotatable bonds is 5. The first kappa shape index (κ1) is 14.3. The molecule has 0 spiro atoms. The third-order valence-electron chi connectivity index (χ3n) is 4.04. The molecular weight excluding hydrogens is 260 g/mol. The molecule has 2 N–H and O–H groups in total. The molecule has 2 aromatic rings. The van der Waals surface area contributed by atoms with Crippen molar-refractivity contribution in [3.8, 4) is 0 Å². The quantitative estimate of drug-likeness (QED) is 0.884. The molecule has 21 heavy (non-hydrogen) atoms. The summed E-state index contributed by atoms with van der Waals surface area (Å²) < 4.78 is 0. The first-order chi connectivity index (χ1) is 10.3. The number of aliphatic hydroxyl groups is 1. The molecule has 0 saturated carbocycles. The van der Waals surface area contributed by atoms with Crippen LogP contribution in [0.25, 0.3) is 0 Å². The lowest BCUT2D eigenvalue weighted by atomic mass is 9.96. The van der Waals surface area contributed by atoms with Crippen molar-refractivity contribution in [1.29, 1.82) is 0 Å². The number of nitrogens with zero attached hydrogens (tertiary/aromatic N) is 1. The number of aliphatic hydroxyl groups excluding tert-OH is 1. The van der Waals surface area contributed by atoms with Gasteiger partial charge in [-0.3, -0.25) is 0 Å². The van der Waals surface area contributed by atoms with Crippen LogP contribution in [0.2, 0.25) is 0 Å². The molecule has 3 heteroatoms. The molecule has 0 unspecified atom stereocenters. The van der Waals surface area contributed by atoms with Crippen molar-refractivity contribution in [1.82, 2.24) is 10.4 Å². The minimum Gasteiger partial charge on any atom is -0.386 e. The normalized spacial score (nSPS) is 18.5. The van der Waals surface area contributed by atoms with Crippen LogP contribution in [0.5, 0.6) is 0 Å². The van der Waals surface area contributed by atoms with E-state index in [0.29, 0.717) is 0 Å². The van der Waals surface area contributed by atoms with E-state index in [4.69, 9.17) is 0 Å². The van der Waals surface area contributed by atoms with Gasteiger partial charge in [-0.05, 0) is 24.0 Å². The molecule has 0 bridgehead atoms. The molecule has 0 aromatic heterocycles. The standard InChI is InChI=1S/C18H22N2O/c21-18(16-11-5-2-6-12-16)17(15-9-3-1-4-10-15)19-20-13-7-8-14-20/h1-6,9-12,17-19,21H,7-8,13-14H2/t17-,18+/m1/s1. The van der Waals surface area contributed by atoms with E-state index in [1.165, 1.54) is 12.8 Å². The number of hydrazine groups is 1. The van der Waals surface area contributed by atoms with Crippen LogP contribution in [0.15, 0.2) is 60.7 Å². The fraction of sp³-hybridized carbons (Fsp3) is 0.333. The van der Waals surface area contributed by atoms with Gasteiger partial charge < -0.3 is 5.11 Å². The van der Waals surface area contributed by atoms with Gasteiger partial charge in [0.2, 0.25) is 0 Å². The van der Waals surface area contributed by atoms with Crippen molar-refractivity contribution in [2.45, 2.75) is 25.0 Å². The Bertz CT molecular complexity index is 538. The average Bonchev–Trinajstić information content (AvgIpc) is 3.07. The summed E-state index contributed by atoms with van der Waals surface area (Å²) in [6.45, 7) is 2.09. The Hall–Kier alpha value is -1.68. The Morgan fingerprint density at radius 3 is 1.90 bits per heavy atom. The number of hydrogen-bond acceptors (Lipinski definition) is 3. The van der Waals surface area contributed by atoms with Gasteiger partial charge in [0.05, 0.1) is 12.1 Å². The third kappa shape index (κ3) is 3.50. The first-order valence-corrected chi connectivity index (χ1v) is 7.63. The van der Waals surface area contributed by atoms with E-state index >= 15 is 0 Å². The fourth-order valence-electron chi connectivity index (χ4n) is 2.87. The van der Waals surface area contributed by atoms with Gasteiger partial charge in [0.1, 0.15) is 0 Å². The highest BCUT2D eigenvalue weighted by molar-refractivity contribution is 5.26. The minimum absolute atomic E-state index is 0.119. The third-order valence-corrected chi connectivity index (χ3v) is 4.04. The van der Waals surface area contributed by atoms with Crippen molar-refractivity contribution in [2.24, 2.45) is 0 Å². The lowest BCUT2D eigenvalue weighted by molar-refractivity contribution is 0.0756. The fourth-order valence-corrected chi connectivity index (χ4v) is 2.87. The van der Waals surface area contributed by atoms with Gasteiger partial charge in [-0.1, -0.05) is 60.7 Å². The lowest BCUT2D eigenvalue weighted by Crippen LogP contribution is -2.40. The molecular formula is C18H22N2O. The number of hydrogen-bond donors (Lipinski definition) is 2. The van der Waals surface area contributed by atoms with Gasteiger partial charge in [0.15, 0.2) is 0 Å². The summed E-state index contributed by atoms with van der Waals surface area (Å²) in [5, 5.41) is 13.0. The average molecular weight is 282 g/mol. The van der Waals surface area contributed by atoms with Crippen molar-refractivity contribution in [3.63, 3.8) is 0 Å². The molecule has 2 atom stereocenters. The second-order valence-corrected chi connectivity index (χ2v) is 5.57. The Morgan fingerprint density at radius 2 is 1.33 bits per heavy atom. The summed E-state index contributed by atoms with van der Waals surface area (Å²) in [7, 11) is 0. The molecule has 1 aliphatic rings. The van der Waals surface area contributed by atoms with Crippen LogP contribution >= 0.6 is 0 Å².